The number of anilines is 1. The highest BCUT2D eigenvalue weighted by atomic mass is 16.5. The van der Waals surface area contributed by atoms with E-state index in [2.05, 4.69) is 39.6 Å². The minimum Gasteiger partial charge on any atom is -0.481 e. The molecule has 1 aliphatic rings. The first-order chi connectivity index (χ1) is 9.29. The van der Waals surface area contributed by atoms with Crippen LogP contribution in [0, 0.1) is 6.92 Å². The van der Waals surface area contributed by atoms with Crippen LogP contribution in [-0.2, 0) is 0 Å². The third kappa shape index (κ3) is 2.38. The SMILES string of the molecule is COc1ncnc(NC2CC2c2ccccc2)c1C. The van der Waals surface area contributed by atoms with Gasteiger partial charge in [0.2, 0.25) is 5.88 Å². The molecule has 0 aliphatic heterocycles. The second kappa shape index (κ2) is 4.88. The average Bonchev–Trinajstić information content (AvgIpc) is 3.21. The van der Waals surface area contributed by atoms with Gasteiger partial charge < -0.3 is 10.1 Å². The third-order valence-electron chi connectivity index (χ3n) is 3.57. The van der Waals surface area contributed by atoms with Crippen molar-refractivity contribution >= 4 is 5.82 Å². The van der Waals surface area contributed by atoms with Crippen molar-refractivity contribution in [1.82, 2.24) is 9.97 Å². The number of methoxy groups -OCH3 is 1. The first-order valence-corrected chi connectivity index (χ1v) is 6.46. The molecule has 4 nitrogen and oxygen atoms in total. The number of hydrogen-bond donors (Lipinski definition) is 1. The third-order valence-corrected chi connectivity index (χ3v) is 3.57. The summed E-state index contributed by atoms with van der Waals surface area (Å²) < 4.78 is 5.21. The number of aromatic nitrogens is 2. The van der Waals surface area contributed by atoms with E-state index in [4.69, 9.17) is 4.74 Å². The van der Waals surface area contributed by atoms with Gasteiger partial charge in [0.1, 0.15) is 12.1 Å². The molecular formula is C15H17N3O. The van der Waals surface area contributed by atoms with E-state index < -0.39 is 0 Å². The van der Waals surface area contributed by atoms with Crippen LogP contribution in [0.1, 0.15) is 23.5 Å². The van der Waals surface area contributed by atoms with Gasteiger partial charge in [-0.2, -0.15) is 0 Å². The van der Waals surface area contributed by atoms with Crippen molar-refractivity contribution in [2.75, 3.05) is 12.4 Å². The Morgan fingerprint density at radius 1 is 1.21 bits per heavy atom. The molecule has 1 saturated carbocycles. The van der Waals surface area contributed by atoms with Crippen LogP contribution >= 0.6 is 0 Å². The number of rotatable bonds is 4. The topological polar surface area (TPSA) is 47.0 Å². The van der Waals surface area contributed by atoms with Crippen LogP contribution in [-0.4, -0.2) is 23.1 Å². The highest BCUT2D eigenvalue weighted by molar-refractivity contribution is 5.50. The summed E-state index contributed by atoms with van der Waals surface area (Å²) in [5.41, 5.74) is 2.35. The lowest BCUT2D eigenvalue weighted by atomic mass is 10.1. The van der Waals surface area contributed by atoms with E-state index in [9.17, 15) is 0 Å². The van der Waals surface area contributed by atoms with E-state index in [0.717, 1.165) is 17.8 Å². The Kier molecular flexibility index (Phi) is 3.07. The van der Waals surface area contributed by atoms with Crippen molar-refractivity contribution in [3.63, 3.8) is 0 Å². The number of hydrogen-bond acceptors (Lipinski definition) is 4. The Morgan fingerprint density at radius 2 is 2.00 bits per heavy atom. The van der Waals surface area contributed by atoms with Crippen LogP contribution in [0.15, 0.2) is 36.7 Å². The molecule has 0 saturated heterocycles. The second-order valence-electron chi connectivity index (χ2n) is 4.86. The fourth-order valence-corrected chi connectivity index (χ4v) is 2.38. The molecule has 1 aromatic carbocycles. The molecule has 0 radical (unpaired) electrons. The minimum absolute atomic E-state index is 0.459. The van der Waals surface area contributed by atoms with Crippen molar-refractivity contribution < 1.29 is 4.74 Å². The van der Waals surface area contributed by atoms with E-state index >= 15 is 0 Å². The molecule has 98 valence electrons. The summed E-state index contributed by atoms with van der Waals surface area (Å²) in [4.78, 5) is 8.38. The van der Waals surface area contributed by atoms with Gasteiger partial charge >= 0.3 is 0 Å². The normalized spacial score (nSPS) is 20.9. The van der Waals surface area contributed by atoms with E-state index in [1.165, 1.54) is 11.9 Å². The molecule has 1 heterocycles. The standard InChI is InChI=1S/C15H17N3O/c1-10-14(16-9-17-15(10)19-2)18-13-8-12(13)11-6-4-3-5-7-11/h3-7,9,12-13H,8H2,1-2H3,(H,16,17,18). The van der Waals surface area contributed by atoms with E-state index in [1.54, 1.807) is 7.11 Å². The van der Waals surface area contributed by atoms with Gasteiger partial charge in [0.05, 0.1) is 12.7 Å². The quantitative estimate of drug-likeness (QED) is 0.912. The second-order valence-corrected chi connectivity index (χ2v) is 4.86. The maximum Gasteiger partial charge on any atom is 0.221 e. The molecule has 4 heteroatoms. The van der Waals surface area contributed by atoms with Crippen molar-refractivity contribution in [3.8, 4) is 5.88 Å². The van der Waals surface area contributed by atoms with E-state index in [1.807, 2.05) is 13.0 Å². The maximum atomic E-state index is 5.21. The Hall–Kier alpha value is -2.10. The zero-order valence-corrected chi connectivity index (χ0v) is 11.1. The summed E-state index contributed by atoms with van der Waals surface area (Å²) in [6, 6.07) is 11.0. The van der Waals surface area contributed by atoms with Crippen LogP contribution in [0.5, 0.6) is 5.88 Å². The van der Waals surface area contributed by atoms with Crippen molar-refractivity contribution in [3.05, 3.63) is 47.8 Å². The zero-order chi connectivity index (χ0) is 13.2. The lowest BCUT2D eigenvalue weighted by Crippen LogP contribution is -2.08. The Bertz CT molecular complexity index is 571. The van der Waals surface area contributed by atoms with Crippen LogP contribution in [0.2, 0.25) is 0 Å². The van der Waals surface area contributed by atoms with Crippen molar-refractivity contribution in [2.24, 2.45) is 0 Å². The van der Waals surface area contributed by atoms with Gasteiger partial charge in [0, 0.05) is 12.0 Å². The summed E-state index contributed by atoms with van der Waals surface area (Å²) >= 11 is 0. The molecule has 2 atom stereocenters. The molecular weight excluding hydrogens is 238 g/mol. The lowest BCUT2D eigenvalue weighted by Gasteiger charge is -2.10. The van der Waals surface area contributed by atoms with E-state index in [0.29, 0.717) is 17.8 Å². The minimum atomic E-state index is 0.459. The number of ether oxygens (including phenoxy) is 1. The summed E-state index contributed by atoms with van der Waals surface area (Å²) in [6.45, 7) is 1.97. The molecule has 0 bridgehead atoms. The molecule has 0 amide bonds. The Morgan fingerprint density at radius 3 is 2.74 bits per heavy atom. The maximum absolute atomic E-state index is 5.21. The zero-order valence-electron chi connectivity index (χ0n) is 11.1. The van der Waals surface area contributed by atoms with Crippen LogP contribution in [0.25, 0.3) is 0 Å². The summed E-state index contributed by atoms with van der Waals surface area (Å²) in [6.07, 6.45) is 2.68. The summed E-state index contributed by atoms with van der Waals surface area (Å²) in [7, 11) is 1.63. The van der Waals surface area contributed by atoms with Gasteiger partial charge in [-0.1, -0.05) is 30.3 Å². The average molecular weight is 255 g/mol. The first-order valence-electron chi connectivity index (χ1n) is 6.46. The van der Waals surface area contributed by atoms with Crippen LogP contribution < -0.4 is 10.1 Å². The molecule has 19 heavy (non-hydrogen) atoms. The Balaban J connectivity index is 1.71. The molecule has 1 aliphatic carbocycles. The smallest absolute Gasteiger partial charge is 0.221 e. The van der Waals surface area contributed by atoms with Crippen LogP contribution in [0.3, 0.4) is 0 Å². The fourth-order valence-electron chi connectivity index (χ4n) is 2.38. The molecule has 2 aromatic rings. The molecule has 0 spiro atoms. The predicted molar refractivity (Wildman–Crippen MR) is 74.5 cm³/mol. The van der Waals surface area contributed by atoms with Gasteiger partial charge in [-0.15, -0.1) is 0 Å². The first kappa shape index (κ1) is 12.0. The molecule has 2 unspecified atom stereocenters. The summed E-state index contributed by atoms with van der Waals surface area (Å²) in [5.74, 6) is 2.09. The van der Waals surface area contributed by atoms with Crippen LogP contribution in [0.4, 0.5) is 5.82 Å². The van der Waals surface area contributed by atoms with Gasteiger partial charge in [-0.25, -0.2) is 9.97 Å². The molecule has 3 rings (SSSR count). The Labute approximate surface area is 112 Å². The number of nitrogens with zero attached hydrogens (tertiary/aromatic N) is 2. The highest BCUT2D eigenvalue weighted by Gasteiger charge is 2.38. The van der Waals surface area contributed by atoms with Gasteiger partial charge in [-0.05, 0) is 18.9 Å². The van der Waals surface area contributed by atoms with Crippen molar-refractivity contribution in [2.45, 2.75) is 25.3 Å². The molecule has 1 N–H and O–H groups in total. The highest BCUT2D eigenvalue weighted by Crippen LogP contribution is 2.43. The fraction of sp³-hybridized carbons (Fsp3) is 0.333. The molecule has 1 fully saturated rings. The monoisotopic (exact) mass is 255 g/mol. The van der Waals surface area contributed by atoms with Crippen molar-refractivity contribution in [1.29, 1.82) is 0 Å². The number of nitrogens with one attached hydrogen (secondary N) is 1. The predicted octanol–water partition coefficient (Wildman–Crippen LogP) is 2.76. The molecule has 1 aromatic heterocycles. The lowest BCUT2D eigenvalue weighted by molar-refractivity contribution is 0.393. The van der Waals surface area contributed by atoms with Gasteiger partial charge in [0.15, 0.2) is 0 Å². The largest absolute Gasteiger partial charge is 0.481 e. The summed E-state index contributed by atoms with van der Waals surface area (Å²) in [5, 5.41) is 3.48. The number of benzene rings is 1. The van der Waals surface area contributed by atoms with Gasteiger partial charge in [0.25, 0.3) is 0 Å². The van der Waals surface area contributed by atoms with E-state index in [-0.39, 0.29) is 0 Å². The van der Waals surface area contributed by atoms with Gasteiger partial charge in [-0.3, -0.25) is 0 Å².